The van der Waals surface area contributed by atoms with Crippen molar-refractivity contribution in [2.45, 2.75) is 32.2 Å². The number of likely N-dealkylation sites (tertiary alicyclic amines) is 1. The summed E-state index contributed by atoms with van der Waals surface area (Å²) in [5, 5.41) is 3.04. The van der Waals surface area contributed by atoms with Crippen LogP contribution in [0.1, 0.15) is 48.1 Å². The van der Waals surface area contributed by atoms with Gasteiger partial charge in [-0.05, 0) is 36.5 Å². The molecular weight excluding hydrogens is 324 g/mol. The molecule has 1 heterocycles. The molecule has 1 saturated heterocycles. The fourth-order valence-corrected chi connectivity index (χ4v) is 3.33. The lowest BCUT2D eigenvalue weighted by Gasteiger charge is -2.31. The predicted molar refractivity (Wildman–Crippen MR) is 103 cm³/mol. The lowest BCUT2D eigenvalue weighted by atomic mass is 9.97. The maximum atomic E-state index is 12.8. The second-order valence-electron chi connectivity index (χ2n) is 7.07. The Kier molecular flexibility index (Phi) is 6.05. The van der Waals surface area contributed by atoms with E-state index < -0.39 is 0 Å². The predicted octanol–water partition coefficient (Wildman–Crippen LogP) is 3.81. The zero-order valence-electron chi connectivity index (χ0n) is 15.2. The second-order valence-corrected chi connectivity index (χ2v) is 7.07. The van der Waals surface area contributed by atoms with Gasteiger partial charge in [0.05, 0.1) is 12.5 Å². The van der Waals surface area contributed by atoms with Crippen LogP contribution in [0, 0.1) is 5.92 Å². The summed E-state index contributed by atoms with van der Waals surface area (Å²) >= 11 is 0. The molecule has 1 aliphatic heterocycles. The molecule has 2 amide bonds. The van der Waals surface area contributed by atoms with Crippen molar-refractivity contribution in [2.24, 2.45) is 5.92 Å². The number of nitrogens with one attached hydrogen (secondary N) is 1. The van der Waals surface area contributed by atoms with E-state index in [1.165, 1.54) is 0 Å². The maximum absolute atomic E-state index is 12.8. The van der Waals surface area contributed by atoms with Gasteiger partial charge in [0, 0.05) is 18.7 Å². The molecule has 0 bridgehead atoms. The van der Waals surface area contributed by atoms with Gasteiger partial charge in [0.25, 0.3) is 5.91 Å². The normalized spacial score (nSPS) is 16.1. The van der Waals surface area contributed by atoms with Gasteiger partial charge < -0.3 is 10.2 Å². The molecule has 0 spiro atoms. The summed E-state index contributed by atoms with van der Waals surface area (Å²) in [4.78, 5) is 27.3. The van der Waals surface area contributed by atoms with E-state index in [1.807, 2.05) is 53.4 Å². The Morgan fingerprint density at radius 2 is 1.58 bits per heavy atom. The van der Waals surface area contributed by atoms with Gasteiger partial charge in [-0.15, -0.1) is 0 Å². The van der Waals surface area contributed by atoms with E-state index in [-0.39, 0.29) is 24.3 Å². The van der Waals surface area contributed by atoms with Crippen LogP contribution in [0.15, 0.2) is 60.7 Å². The Labute approximate surface area is 155 Å². The summed E-state index contributed by atoms with van der Waals surface area (Å²) in [7, 11) is 0. The quantitative estimate of drug-likeness (QED) is 0.891. The molecule has 2 aromatic rings. The molecule has 136 valence electrons. The van der Waals surface area contributed by atoms with Crippen molar-refractivity contribution in [2.75, 3.05) is 13.1 Å². The molecule has 26 heavy (non-hydrogen) atoms. The Hall–Kier alpha value is -2.62. The third kappa shape index (κ3) is 4.72. The standard InChI is InChI=1S/C22H26N2O2/c1-17-12-14-24(15-13-17)21(25)16-20(18-8-4-2-5-9-18)23-22(26)19-10-6-3-7-11-19/h2-11,17,20H,12-16H2,1H3,(H,23,26). The van der Waals surface area contributed by atoms with Crippen LogP contribution in [-0.2, 0) is 4.79 Å². The molecular formula is C22H26N2O2. The third-order valence-corrected chi connectivity index (χ3v) is 5.06. The number of hydrogen-bond acceptors (Lipinski definition) is 2. The number of benzene rings is 2. The fourth-order valence-electron chi connectivity index (χ4n) is 3.33. The first-order valence-electron chi connectivity index (χ1n) is 9.32. The largest absolute Gasteiger partial charge is 0.345 e. The van der Waals surface area contributed by atoms with E-state index in [0.717, 1.165) is 31.5 Å². The van der Waals surface area contributed by atoms with Crippen LogP contribution in [0.4, 0.5) is 0 Å². The van der Waals surface area contributed by atoms with E-state index in [2.05, 4.69) is 12.2 Å². The average Bonchev–Trinajstić information content (AvgIpc) is 2.69. The highest BCUT2D eigenvalue weighted by atomic mass is 16.2. The molecule has 2 aromatic carbocycles. The van der Waals surface area contributed by atoms with E-state index in [4.69, 9.17) is 0 Å². The molecule has 1 N–H and O–H groups in total. The van der Waals surface area contributed by atoms with Gasteiger partial charge in [-0.1, -0.05) is 55.5 Å². The van der Waals surface area contributed by atoms with Crippen LogP contribution in [0.3, 0.4) is 0 Å². The molecule has 1 atom stereocenters. The van der Waals surface area contributed by atoms with Crippen molar-refractivity contribution in [3.8, 4) is 0 Å². The van der Waals surface area contributed by atoms with Crippen LogP contribution in [-0.4, -0.2) is 29.8 Å². The van der Waals surface area contributed by atoms with Gasteiger partial charge in [-0.2, -0.15) is 0 Å². The summed E-state index contributed by atoms with van der Waals surface area (Å²) in [6.45, 7) is 3.86. The number of hydrogen-bond donors (Lipinski definition) is 1. The molecule has 4 nitrogen and oxygen atoms in total. The third-order valence-electron chi connectivity index (χ3n) is 5.06. The topological polar surface area (TPSA) is 49.4 Å². The van der Waals surface area contributed by atoms with Gasteiger partial charge in [-0.25, -0.2) is 0 Å². The Morgan fingerprint density at radius 1 is 1.00 bits per heavy atom. The van der Waals surface area contributed by atoms with Crippen LogP contribution in [0.25, 0.3) is 0 Å². The highest BCUT2D eigenvalue weighted by molar-refractivity contribution is 5.94. The van der Waals surface area contributed by atoms with Crippen molar-refractivity contribution >= 4 is 11.8 Å². The van der Waals surface area contributed by atoms with E-state index in [1.54, 1.807) is 12.1 Å². The summed E-state index contributed by atoms with van der Waals surface area (Å²) in [6, 6.07) is 18.5. The number of nitrogens with zero attached hydrogens (tertiary/aromatic N) is 1. The highest BCUT2D eigenvalue weighted by Crippen LogP contribution is 2.22. The van der Waals surface area contributed by atoms with Gasteiger partial charge in [0.15, 0.2) is 0 Å². The van der Waals surface area contributed by atoms with Crippen LogP contribution in [0.2, 0.25) is 0 Å². The lowest BCUT2D eigenvalue weighted by Crippen LogP contribution is -2.40. The van der Waals surface area contributed by atoms with Crippen molar-refractivity contribution in [3.05, 3.63) is 71.8 Å². The molecule has 0 saturated carbocycles. The van der Waals surface area contributed by atoms with E-state index in [9.17, 15) is 9.59 Å². The zero-order valence-corrected chi connectivity index (χ0v) is 15.2. The summed E-state index contributed by atoms with van der Waals surface area (Å²) in [6.07, 6.45) is 2.40. The molecule has 1 fully saturated rings. The maximum Gasteiger partial charge on any atom is 0.251 e. The van der Waals surface area contributed by atoms with Crippen molar-refractivity contribution in [1.82, 2.24) is 10.2 Å². The number of carbonyl (C=O) groups is 2. The first kappa shape index (κ1) is 18.2. The van der Waals surface area contributed by atoms with Gasteiger partial charge in [0.1, 0.15) is 0 Å². The van der Waals surface area contributed by atoms with Crippen LogP contribution >= 0.6 is 0 Å². The number of piperidine rings is 1. The minimum atomic E-state index is -0.323. The molecule has 0 aromatic heterocycles. The molecule has 1 aliphatic rings. The van der Waals surface area contributed by atoms with Gasteiger partial charge in [-0.3, -0.25) is 9.59 Å². The first-order chi connectivity index (χ1) is 12.6. The van der Waals surface area contributed by atoms with Crippen molar-refractivity contribution < 1.29 is 9.59 Å². The Bertz CT molecular complexity index is 722. The number of amides is 2. The minimum absolute atomic E-state index is 0.110. The SMILES string of the molecule is CC1CCN(C(=O)CC(NC(=O)c2ccccc2)c2ccccc2)CC1. The fraction of sp³-hybridized carbons (Fsp3) is 0.364. The Morgan fingerprint density at radius 3 is 2.19 bits per heavy atom. The monoisotopic (exact) mass is 350 g/mol. The second kappa shape index (κ2) is 8.65. The van der Waals surface area contributed by atoms with Gasteiger partial charge >= 0.3 is 0 Å². The average molecular weight is 350 g/mol. The summed E-state index contributed by atoms with van der Waals surface area (Å²) in [5.74, 6) is 0.639. The van der Waals surface area contributed by atoms with Crippen molar-refractivity contribution in [1.29, 1.82) is 0 Å². The summed E-state index contributed by atoms with van der Waals surface area (Å²) < 4.78 is 0. The zero-order chi connectivity index (χ0) is 18.4. The smallest absolute Gasteiger partial charge is 0.251 e. The van der Waals surface area contributed by atoms with Crippen molar-refractivity contribution in [3.63, 3.8) is 0 Å². The molecule has 4 heteroatoms. The van der Waals surface area contributed by atoms with Gasteiger partial charge in [0.2, 0.25) is 5.91 Å². The number of carbonyl (C=O) groups excluding carboxylic acids is 2. The molecule has 0 radical (unpaired) electrons. The Balaban J connectivity index is 1.72. The molecule has 0 aliphatic carbocycles. The van der Waals surface area contributed by atoms with E-state index in [0.29, 0.717) is 11.5 Å². The number of rotatable bonds is 5. The highest BCUT2D eigenvalue weighted by Gasteiger charge is 2.25. The van der Waals surface area contributed by atoms with Crippen LogP contribution < -0.4 is 5.32 Å². The van der Waals surface area contributed by atoms with E-state index >= 15 is 0 Å². The first-order valence-corrected chi connectivity index (χ1v) is 9.32. The van der Waals surface area contributed by atoms with Crippen LogP contribution in [0.5, 0.6) is 0 Å². The summed E-state index contributed by atoms with van der Waals surface area (Å²) in [5.41, 5.74) is 1.56. The molecule has 1 unspecified atom stereocenters. The lowest BCUT2D eigenvalue weighted by molar-refractivity contribution is -0.133. The molecule has 3 rings (SSSR count). The minimum Gasteiger partial charge on any atom is -0.345 e.